The van der Waals surface area contributed by atoms with Crippen molar-refractivity contribution in [2.24, 2.45) is 0 Å². The minimum absolute atomic E-state index is 0.0140. The number of aliphatic hydroxyl groups is 4. The van der Waals surface area contributed by atoms with Crippen molar-refractivity contribution in [1.82, 2.24) is 0 Å². The highest BCUT2D eigenvalue weighted by Gasteiger charge is 2.48. The van der Waals surface area contributed by atoms with Crippen molar-refractivity contribution in [3.63, 3.8) is 0 Å². The van der Waals surface area contributed by atoms with E-state index in [4.69, 9.17) is 18.9 Å². The summed E-state index contributed by atoms with van der Waals surface area (Å²) in [6.45, 7) is 0.0914. The van der Waals surface area contributed by atoms with E-state index in [-0.39, 0.29) is 18.8 Å². The molecule has 1 heterocycles. The molecule has 0 bridgehead atoms. The van der Waals surface area contributed by atoms with Gasteiger partial charge in [0.15, 0.2) is 18.0 Å². The van der Waals surface area contributed by atoms with Gasteiger partial charge in [0.2, 0.25) is 11.9 Å². The molecule has 1 aliphatic carbocycles. The Kier molecular flexibility index (Phi) is 7.82. The molecule has 1 aromatic rings. The Balaban J connectivity index is 1.74. The monoisotopic (exact) mass is 466 g/mol. The summed E-state index contributed by atoms with van der Waals surface area (Å²) in [6, 6.07) is 6.25. The number of allylic oxidation sites excluding steroid dienone is 1. The van der Waals surface area contributed by atoms with Crippen LogP contribution in [0, 0.1) is 0 Å². The lowest BCUT2D eigenvalue weighted by Crippen LogP contribution is -2.61. The molecule has 4 N–H and O–H groups in total. The van der Waals surface area contributed by atoms with Gasteiger partial charge in [-0.2, -0.15) is 0 Å². The molecule has 33 heavy (non-hydrogen) atoms. The topological polar surface area (TPSA) is 169 Å². The summed E-state index contributed by atoms with van der Waals surface area (Å²) in [5.41, 5.74) is -2.04. The standard InChI is InChI=1S/C22H26O11/c1-12(24)31-19-17(26)15(10-23)33-20(18(19)27)32-14-7-3-2-6-13(14)11-30-21(28)22(29)9-5-4-8-16(22)25/h2-3,5-7,9,15,17-20,23,26-27,29H,4,8,10-11H2,1H3/t15-,17-,18-,19+,20-,22?/m0/s1. The van der Waals surface area contributed by atoms with Gasteiger partial charge < -0.3 is 39.4 Å². The maximum Gasteiger partial charge on any atom is 0.350 e. The van der Waals surface area contributed by atoms with Gasteiger partial charge in [-0.15, -0.1) is 0 Å². The van der Waals surface area contributed by atoms with Crippen LogP contribution >= 0.6 is 0 Å². The second kappa shape index (κ2) is 10.4. The average molecular weight is 466 g/mol. The highest BCUT2D eigenvalue weighted by Crippen LogP contribution is 2.29. The number of hydrogen-bond donors (Lipinski definition) is 4. The summed E-state index contributed by atoms with van der Waals surface area (Å²) >= 11 is 0. The lowest BCUT2D eigenvalue weighted by molar-refractivity contribution is -0.281. The van der Waals surface area contributed by atoms with E-state index in [0.717, 1.165) is 13.0 Å². The van der Waals surface area contributed by atoms with Crippen molar-refractivity contribution >= 4 is 17.7 Å². The second-order valence-corrected chi connectivity index (χ2v) is 7.71. The molecule has 6 atom stereocenters. The molecule has 11 heteroatoms. The number of carbonyl (C=O) groups is 3. The number of Topliss-reactive ketones (excluding diaryl/α,β-unsaturated/α-hetero) is 1. The maximum atomic E-state index is 12.4. The van der Waals surface area contributed by atoms with E-state index in [0.29, 0.717) is 12.0 Å². The van der Waals surface area contributed by atoms with E-state index in [1.165, 1.54) is 12.1 Å². The van der Waals surface area contributed by atoms with Crippen molar-refractivity contribution in [3.8, 4) is 5.75 Å². The Hall–Kier alpha value is -2.83. The molecule has 11 nitrogen and oxygen atoms in total. The lowest BCUT2D eigenvalue weighted by atomic mass is 9.90. The minimum atomic E-state index is -2.35. The Bertz CT molecular complexity index is 913. The molecular weight excluding hydrogens is 440 g/mol. The van der Waals surface area contributed by atoms with Crippen molar-refractivity contribution in [3.05, 3.63) is 42.0 Å². The molecule has 0 radical (unpaired) electrons. The number of aliphatic hydroxyl groups excluding tert-OH is 3. The van der Waals surface area contributed by atoms with Crippen LogP contribution < -0.4 is 4.74 Å². The molecule has 0 amide bonds. The number of hydrogen-bond acceptors (Lipinski definition) is 11. The molecule has 1 aromatic carbocycles. The minimum Gasteiger partial charge on any atom is -0.462 e. The van der Waals surface area contributed by atoms with Crippen LogP contribution in [0.4, 0.5) is 0 Å². The Morgan fingerprint density at radius 1 is 1.21 bits per heavy atom. The van der Waals surface area contributed by atoms with Crippen LogP contribution in [0.25, 0.3) is 0 Å². The van der Waals surface area contributed by atoms with Crippen LogP contribution in [0.1, 0.15) is 25.3 Å². The SMILES string of the molecule is CC(=O)O[C@H]1[C@H](O)[C@@H](Oc2ccccc2COC(=O)C2(O)C=CCCC2=O)O[C@@H](CO)[C@@H]1O. The predicted octanol–water partition coefficient (Wildman–Crippen LogP) is -0.870. The van der Waals surface area contributed by atoms with Gasteiger partial charge in [0.25, 0.3) is 0 Å². The third kappa shape index (κ3) is 5.40. The number of rotatable bonds is 7. The molecule has 0 saturated carbocycles. The third-order valence-electron chi connectivity index (χ3n) is 5.33. The van der Waals surface area contributed by atoms with Crippen LogP contribution in [0.3, 0.4) is 0 Å². The Morgan fingerprint density at radius 2 is 1.94 bits per heavy atom. The van der Waals surface area contributed by atoms with E-state index >= 15 is 0 Å². The van der Waals surface area contributed by atoms with Crippen LogP contribution in [0.5, 0.6) is 5.75 Å². The molecule has 1 saturated heterocycles. The normalized spacial score (nSPS) is 31.7. The molecule has 1 fully saturated rings. The van der Waals surface area contributed by atoms with Gasteiger partial charge in [0, 0.05) is 18.9 Å². The van der Waals surface area contributed by atoms with Gasteiger partial charge in [-0.1, -0.05) is 24.3 Å². The van der Waals surface area contributed by atoms with Gasteiger partial charge in [0.05, 0.1) is 6.61 Å². The summed E-state index contributed by atoms with van der Waals surface area (Å²) in [6.07, 6.45) is -4.10. The summed E-state index contributed by atoms with van der Waals surface area (Å²) in [4.78, 5) is 35.7. The van der Waals surface area contributed by atoms with Gasteiger partial charge in [-0.3, -0.25) is 9.59 Å². The van der Waals surface area contributed by atoms with Crippen molar-refractivity contribution < 1.29 is 53.8 Å². The zero-order valence-corrected chi connectivity index (χ0v) is 17.8. The van der Waals surface area contributed by atoms with E-state index in [2.05, 4.69) is 0 Å². The number of ether oxygens (including phenoxy) is 4. The van der Waals surface area contributed by atoms with E-state index in [9.17, 15) is 34.8 Å². The number of para-hydroxylation sites is 1. The molecule has 1 aliphatic heterocycles. The first-order valence-electron chi connectivity index (χ1n) is 10.3. The zero-order valence-electron chi connectivity index (χ0n) is 17.8. The van der Waals surface area contributed by atoms with E-state index in [1.54, 1.807) is 18.2 Å². The Labute approximate surface area is 189 Å². The van der Waals surface area contributed by atoms with Crippen molar-refractivity contribution in [2.75, 3.05) is 6.61 Å². The highest BCUT2D eigenvalue weighted by atomic mass is 16.7. The number of carbonyl (C=O) groups excluding carboxylic acids is 3. The average Bonchev–Trinajstić information content (AvgIpc) is 2.79. The van der Waals surface area contributed by atoms with Crippen LogP contribution in [0.15, 0.2) is 36.4 Å². The van der Waals surface area contributed by atoms with Gasteiger partial charge in [0.1, 0.15) is 24.6 Å². The fourth-order valence-corrected chi connectivity index (χ4v) is 3.53. The number of ketones is 1. The number of benzene rings is 1. The number of esters is 2. The molecule has 180 valence electrons. The first-order chi connectivity index (χ1) is 15.7. The van der Waals surface area contributed by atoms with Gasteiger partial charge in [-0.05, 0) is 18.6 Å². The van der Waals surface area contributed by atoms with Gasteiger partial charge in [-0.25, -0.2) is 4.79 Å². The third-order valence-corrected chi connectivity index (χ3v) is 5.33. The smallest absolute Gasteiger partial charge is 0.350 e. The van der Waals surface area contributed by atoms with Crippen LogP contribution in [0.2, 0.25) is 0 Å². The second-order valence-electron chi connectivity index (χ2n) is 7.71. The molecule has 1 unspecified atom stereocenters. The summed E-state index contributed by atoms with van der Waals surface area (Å²) < 4.78 is 21.2. The van der Waals surface area contributed by atoms with Crippen LogP contribution in [-0.2, 0) is 35.2 Å². The van der Waals surface area contributed by atoms with E-state index < -0.39 is 60.6 Å². The highest BCUT2D eigenvalue weighted by molar-refractivity contribution is 6.09. The molecular formula is C22H26O11. The summed E-state index contributed by atoms with van der Waals surface area (Å²) in [5, 5.41) is 40.6. The molecule has 0 spiro atoms. The molecule has 0 aromatic heterocycles. The zero-order chi connectivity index (χ0) is 24.2. The molecule has 2 aliphatic rings. The van der Waals surface area contributed by atoms with E-state index in [1.807, 2.05) is 0 Å². The lowest BCUT2D eigenvalue weighted by Gasteiger charge is -2.41. The predicted molar refractivity (Wildman–Crippen MR) is 109 cm³/mol. The summed E-state index contributed by atoms with van der Waals surface area (Å²) in [5.74, 6) is -2.44. The Morgan fingerprint density at radius 3 is 2.61 bits per heavy atom. The van der Waals surface area contributed by atoms with Crippen LogP contribution in [-0.4, -0.2) is 81.1 Å². The van der Waals surface area contributed by atoms with Crippen molar-refractivity contribution in [2.45, 2.75) is 62.7 Å². The maximum absolute atomic E-state index is 12.4. The largest absolute Gasteiger partial charge is 0.462 e. The van der Waals surface area contributed by atoms with Gasteiger partial charge >= 0.3 is 11.9 Å². The molecule has 3 rings (SSSR count). The quantitative estimate of drug-likeness (QED) is 0.224. The van der Waals surface area contributed by atoms with Crippen molar-refractivity contribution in [1.29, 1.82) is 0 Å². The first kappa shape index (κ1) is 24.8. The summed E-state index contributed by atoms with van der Waals surface area (Å²) in [7, 11) is 0. The fourth-order valence-electron chi connectivity index (χ4n) is 3.53. The first-order valence-corrected chi connectivity index (χ1v) is 10.3. The fraction of sp³-hybridized carbons (Fsp3) is 0.500.